The predicted molar refractivity (Wildman–Crippen MR) is 165 cm³/mol. The number of benzene rings is 1. The van der Waals surface area contributed by atoms with Gasteiger partial charge in [0.05, 0.1) is 5.56 Å². The number of amides is 4. The molecule has 0 saturated carbocycles. The average Bonchev–Trinajstić information content (AvgIpc) is 3.15. The van der Waals surface area contributed by atoms with Crippen LogP contribution >= 0.6 is 11.3 Å². The number of urea groups is 1. The molecule has 0 atom stereocenters. The molecule has 0 unspecified atom stereocenters. The molecule has 1 fully saturated rings. The van der Waals surface area contributed by atoms with Gasteiger partial charge >= 0.3 is 6.03 Å². The van der Waals surface area contributed by atoms with E-state index in [1.165, 1.54) is 11.3 Å². The second-order valence-corrected chi connectivity index (χ2v) is 13.0. The topological polar surface area (TPSA) is 108 Å². The number of aryl methyl sites for hydroxylation is 1. The third-order valence-corrected chi connectivity index (χ3v) is 8.86. The Labute approximate surface area is 245 Å². The zero-order chi connectivity index (χ0) is 30.1. The van der Waals surface area contributed by atoms with Crippen LogP contribution in [0.5, 0.6) is 0 Å². The van der Waals surface area contributed by atoms with Crippen molar-refractivity contribution in [2.24, 2.45) is 0 Å². The standard InChI is InChI=1S/C32H38N4O4S/c1-19-11-14-23(17-24(19)22-10-8-9-21(12-13-22)20(2)37)34-30(40)35-27-25(18-26(41-27)31(3,4)5)28(38)36-16-15-33-29(39)32(36,6)7/h8,10-14,17-18H,9,15-16H2,1-7H3,(H,33,39)(H2,34,35,40). The monoisotopic (exact) mass is 574 g/mol. The molecule has 0 spiro atoms. The second kappa shape index (κ2) is 11.5. The lowest BCUT2D eigenvalue weighted by Gasteiger charge is -2.41. The number of hydrogen-bond donors (Lipinski definition) is 3. The molecule has 0 radical (unpaired) electrons. The highest BCUT2D eigenvalue weighted by Crippen LogP contribution is 2.38. The van der Waals surface area contributed by atoms with Gasteiger partial charge in [0.25, 0.3) is 5.91 Å². The summed E-state index contributed by atoms with van der Waals surface area (Å²) in [4.78, 5) is 53.8. The first-order valence-electron chi connectivity index (χ1n) is 13.7. The fourth-order valence-corrected chi connectivity index (χ4v) is 5.86. The van der Waals surface area contributed by atoms with Gasteiger partial charge in [-0.2, -0.15) is 0 Å². The number of Topliss-reactive ketones (excluding diaryl/α,β-unsaturated/α-hetero) is 1. The first-order chi connectivity index (χ1) is 19.2. The Bertz CT molecular complexity index is 1500. The molecule has 41 heavy (non-hydrogen) atoms. The lowest BCUT2D eigenvalue weighted by atomic mass is 9.93. The third-order valence-electron chi connectivity index (χ3n) is 7.38. The number of nitrogens with zero attached hydrogens (tertiary/aromatic N) is 1. The average molecular weight is 575 g/mol. The van der Waals surface area contributed by atoms with E-state index in [2.05, 4.69) is 16.0 Å². The number of nitrogens with one attached hydrogen (secondary N) is 3. The summed E-state index contributed by atoms with van der Waals surface area (Å²) < 4.78 is 0. The van der Waals surface area contributed by atoms with Gasteiger partial charge in [0.15, 0.2) is 5.78 Å². The lowest BCUT2D eigenvalue weighted by molar-refractivity contribution is -0.133. The number of rotatable bonds is 5. The van der Waals surface area contributed by atoms with Crippen LogP contribution in [0.25, 0.3) is 5.57 Å². The van der Waals surface area contributed by atoms with Gasteiger partial charge in [-0.3, -0.25) is 19.7 Å². The summed E-state index contributed by atoms with van der Waals surface area (Å²) in [6, 6.07) is 7.00. The molecule has 1 aromatic heterocycles. The highest BCUT2D eigenvalue weighted by Gasteiger charge is 2.42. The van der Waals surface area contributed by atoms with E-state index in [-0.39, 0.29) is 23.0 Å². The molecule has 1 aliphatic carbocycles. The van der Waals surface area contributed by atoms with Crippen molar-refractivity contribution >= 4 is 51.2 Å². The van der Waals surface area contributed by atoms with Crippen LogP contribution in [0.2, 0.25) is 0 Å². The number of anilines is 2. The van der Waals surface area contributed by atoms with Crippen molar-refractivity contribution < 1.29 is 19.2 Å². The van der Waals surface area contributed by atoms with Gasteiger partial charge in [0, 0.05) is 23.7 Å². The molecule has 2 aliphatic rings. The number of ketones is 1. The number of allylic oxidation sites excluding steroid dienone is 6. The number of hydrogen-bond acceptors (Lipinski definition) is 5. The highest BCUT2D eigenvalue weighted by molar-refractivity contribution is 7.16. The van der Waals surface area contributed by atoms with Gasteiger partial charge in [0.1, 0.15) is 10.5 Å². The second-order valence-electron chi connectivity index (χ2n) is 12.0. The van der Waals surface area contributed by atoms with Crippen LogP contribution in [0, 0.1) is 6.92 Å². The number of carbonyl (C=O) groups excluding carboxylic acids is 4. The Hall–Kier alpha value is -3.98. The van der Waals surface area contributed by atoms with Crippen molar-refractivity contribution in [3.8, 4) is 0 Å². The van der Waals surface area contributed by atoms with Crippen LogP contribution in [-0.2, 0) is 15.0 Å². The van der Waals surface area contributed by atoms with E-state index >= 15 is 0 Å². The summed E-state index contributed by atoms with van der Waals surface area (Å²) >= 11 is 1.36. The molecule has 2 aromatic rings. The summed E-state index contributed by atoms with van der Waals surface area (Å²) in [7, 11) is 0. The van der Waals surface area contributed by atoms with E-state index in [9.17, 15) is 19.2 Å². The molecule has 0 bridgehead atoms. The summed E-state index contributed by atoms with van der Waals surface area (Å²) in [6.45, 7) is 13.9. The van der Waals surface area contributed by atoms with Crippen LogP contribution in [0.4, 0.5) is 15.5 Å². The molecule has 1 saturated heterocycles. The van der Waals surface area contributed by atoms with Crippen molar-refractivity contribution in [1.82, 2.24) is 10.2 Å². The van der Waals surface area contributed by atoms with Crippen molar-refractivity contribution in [3.05, 3.63) is 75.7 Å². The molecule has 2 heterocycles. The fourth-order valence-electron chi connectivity index (χ4n) is 4.76. The van der Waals surface area contributed by atoms with E-state index < -0.39 is 11.6 Å². The number of carbonyl (C=O) groups is 4. The van der Waals surface area contributed by atoms with Crippen LogP contribution in [-0.4, -0.2) is 47.2 Å². The minimum Gasteiger partial charge on any atom is -0.352 e. The van der Waals surface area contributed by atoms with Gasteiger partial charge < -0.3 is 15.5 Å². The summed E-state index contributed by atoms with van der Waals surface area (Å²) in [5, 5.41) is 9.05. The van der Waals surface area contributed by atoms with Crippen LogP contribution in [0.3, 0.4) is 0 Å². The largest absolute Gasteiger partial charge is 0.352 e. The molecular weight excluding hydrogens is 536 g/mol. The number of piperazine rings is 1. The van der Waals surface area contributed by atoms with Crippen molar-refractivity contribution in [1.29, 1.82) is 0 Å². The Morgan fingerprint density at radius 3 is 2.49 bits per heavy atom. The van der Waals surface area contributed by atoms with E-state index in [0.717, 1.165) is 27.2 Å². The molecule has 8 nitrogen and oxygen atoms in total. The highest BCUT2D eigenvalue weighted by atomic mass is 32.1. The van der Waals surface area contributed by atoms with Gasteiger partial charge in [-0.1, -0.05) is 51.1 Å². The quantitative estimate of drug-likeness (QED) is 0.395. The molecule has 1 aliphatic heterocycles. The fraction of sp³-hybridized carbons (Fsp3) is 0.375. The van der Waals surface area contributed by atoms with Crippen molar-refractivity contribution in [2.45, 2.75) is 65.8 Å². The predicted octanol–water partition coefficient (Wildman–Crippen LogP) is 6.21. The number of thiophene rings is 1. The minimum atomic E-state index is -1.02. The maximum Gasteiger partial charge on any atom is 0.324 e. The normalized spacial score (nSPS) is 16.8. The summed E-state index contributed by atoms with van der Waals surface area (Å²) in [6.07, 6.45) is 8.30. The Kier molecular flexibility index (Phi) is 8.40. The Morgan fingerprint density at radius 1 is 1.07 bits per heavy atom. The van der Waals surface area contributed by atoms with Crippen LogP contribution in [0.1, 0.15) is 74.3 Å². The van der Waals surface area contributed by atoms with Gasteiger partial charge in [-0.25, -0.2) is 4.79 Å². The molecule has 1 aromatic carbocycles. The minimum absolute atomic E-state index is 0.0455. The van der Waals surface area contributed by atoms with Crippen molar-refractivity contribution in [3.63, 3.8) is 0 Å². The van der Waals surface area contributed by atoms with E-state index in [4.69, 9.17) is 0 Å². The van der Waals surface area contributed by atoms with Gasteiger partial charge in [0.2, 0.25) is 5.91 Å². The Balaban J connectivity index is 1.60. The van der Waals surface area contributed by atoms with E-state index in [0.29, 0.717) is 35.8 Å². The lowest BCUT2D eigenvalue weighted by Crippen LogP contribution is -2.63. The first-order valence-corrected chi connectivity index (χ1v) is 14.5. The zero-order valence-corrected chi connectivity index (χ0v) is 25.5. The third kappa shape index (κ3) is 6.51. The molecule has 3 N–H and O–H groups in total. The SMILES string of the molecule is CC(=O)C1=CC=C(c2cc(NC(=O)Nc3sc(C(C)(C)C)cc3C(=O)N3CCNC(=O)C3(C)C)ccc2C)C=CC1. The van der Waals surface area contributed by atoms with Gasteiger partial charge in [-0.15, -0.1) is 11.3 Å². The summed E-state index contributed by atoms with van der Waals surface area (Å²) in [5.74, 6) is -0.462. The van der Waals surface area contributed by atoms with Crippen molar-refractivity contribution in [2.75, 3.05) is 23.7 Å². The van der Waals surface area contributed by atoms with E-state index in [1.54, 1.807) is 25.7 Å². The van der Waals surface area contributed by atoms with Crippen LogP contribution in [0.15, 0.2) is 54.1 Å². The molecule has 9 heteroatoms. The molecule has 4 amide bonds. The molecule has 4 rings (SSSR count). The van der Waals surface area contributed by atoms with E-state index in [1.807, 2.05) is 76.3 Å². The Morgan fingerprint density at radius 2 is 1.80 bits per heavy atom. The van der Waals surface area contributed by atoms with Crippen LogP contribution < -0.4 is 16.0 Å². The summed E-state index contributed by atoms with van der Waals surface area (Å²) in [5.41, 5.74) is 3.35. The van der Waals surface area contributed by atoms with Gasteiger partial charge in [-0.05, 0) is 80.0 Å². The molecule has 216 valence electrons. The molecular formula is C32H38N4O4S. The smallest absolute Gasteiger partial charge is 0.324 e. The zero-order valence-electron chi connectivity index (χ0n) is 24.7. The maximum absolute atomic E-state index is 13.8. The first kappa shape index (κ1) is 30.0. The maximum atomic E-state index is 13.8.